The first-order valence-corrected chi connectivity index (χ1v) is 8.26. The summed E-state index contributed by atoms with van der Waals surface area (Å²) in [6.07, 6.45) is 3.93. The maximum absolute atomic E-state index is 13.4. The molecule has 0 unspecified atom stereocenters. The standard InChI is InChI=1S/C19H20FN3O3/c1-12-7-17(24)18(10-23(12)2)26-11-19(25)21-6-5-13-9-22-16-4-3-14(20)8-15(13)16/h3-4,7-10,22H,5-6,11H2,1-2H3,(H,21,25). The molecule has 1 aromatic carbocycles. The minimum atomic E-state index is -0.321. The summed E-state index contributed by atoms with van der Waals surface area (Å²) >= 11 is 0. The maximum Gasteiger partial charge on any atom is 0.257 e. The maximum atomic E-state index is 13.4. The van der Waals surface area contributed by atoms with Crippen LogP contribution in [-0.4, -0.2) is 28.6 Å². The third-order valence-electron chi connectivity index (χ3n) is 4.25. The number of nitrogens with one attached hydrogen (secondary N) is 2. The number of benzene rings is 1. The molecule has 2 aromatic heterocycles. The smallest absolute Gasteiger partial charge is 0.257 e. The number of hydrogen-bond acceptors (Lipinski definition) is 3. The van der Waals surface area contributed by atoms with Crippen LogP contribution in [0.25, 0.3) is 10.9 Å². The lowest BCUT2D eigenvalue weighted by atomic mass is 10.1. The second kappa shape index (κ2) is 7.43. The number of pyridine rings is 1. The van der Waals surface area contributed by atoms with E-state index in [0.29, 0.717) is 13.0 Å². The van der Waals surface area contributed by atoms with Crippen LogP contribution in [0.2, 0.25) is 0 Å². The normalized spacial score (nSPS) is 10.9. The van der Waals surface area contributed by atoms with Gasteiger partial charge in [0.1, 0.15) is 5.82 Å². The molecule has 0 radical (unpaired) electrons. The Morgan fingerprint density at radius 3 is 2.96 bits per heavy atom. The molecule has 0 bridgehead atoms. The van der Waals surface area contributed by atoms with E-state index in [1.807, 2.05) is 13.1 Å². The molecule has 0 saturated carbocycles. The third-order valence-corrected chi connectivity index (χ3v) is 4.25. The number of carbonyl (C=O) groups is 1. The van der Waals surface area contributed by atoms with Crippen LogP contribution in [0.5, 0.6) is 5.75 Å². The Morgan fingerprint density at radius 1 is 1.35 bits per heavy atom. The van der Waals surface area contributed by atoms with Crippen LogP contribution >= 0.6 is 0 Å². The molecular weight excluding hydrogens is 337 g/mol. The highest BCUT2D eigenvalue weighted by Gasteiger charge is 2.08. The first kappa shape index (κ1) is 17.7. The number of nitrogens with zero attached hydrogens (tertiary/aromatic N) is 1. The summed E-state index contributed by atoms with van der Waals surface area (Å²) in [5.74, 6) is -0.477. The number of amides is 1. The number of fused-ring (bicyclic) bond motifs is 1. The Bertz CT molecular complexity index is 1010. The summed E-state index contributed by atoms with van der Waals surface area (Å²) in [4.78, 5) is 26.8. The number of hydrogen-bond donors (Lipinski definition) is 2. The van der Waals surface area contributed by atoms with E-state index in [4.69, 9.17) is 4.74 Å². The lowest BCUT2D eigenvalue weighted by molar-refractivity contribution is -0.123. The fraction of sp³-hybridized carbons (Fsp3) is 0.263. The van der Waals surface area contributed by atoms with Crippen LogP contribution < -0.4 is 15.5 Å². The van der Waals surface area contributed by atoms with Crippen molar-refractivity contribution in [2.24, 2.45) is 7.05 Å². The van der Waals surface area contributed by atoms with Crippen molar-refractivity contribution < 1.29 is 13.9 Å². The molecule has 3 rings (SSSR count). The fourth-order valence-electron chi connectivity index (χ4n) is 2.70. The molecule has 0 aliphatic rings. The second-order valence-electron chi connectivity index (χ2n) is 6.15. The molecule has 0 spiro atoms. The lowest BCUT2D eigenvalue weighted by Crippen LogP contribution is -2.31. The number of halogens is 1. The molecule has 136 valence electrons. The molecule has 2 N–H and O–H groups in total. The van der Waals surface area contributed by atoms with E-state index in [2.05, 4.69) is 10.3 Å². The average Bonchev–Trinajstić information content (AvgIpc) is 2.99. The van der Waals surface area contributed by atoms with E-state index in [1.165, 1.54) is 18.2 Å². The highest BCUT2D eigenvalue weighted by Crippen LogP contribution is 2.19. The number of ether oxygens (including phenoxy) is 1. The molecule has 0 aliphatic heterocycles. The van der Waals surface area contributed by atoms with Gasteiger partial charge in [0, 0.05) is 48.6 Å². The molecule has 7 heteroatoms. The van der Waals surface area contributed by atoms with Crippen molar-refractivity contribution in [3.63, 3.8) is 0 Å². The monoisotopic (exact) mass is 357 g/mol. The van der Waals surface area contributed by atoms with Gasteiger partial charge in [0.25, 0.3) is 5.91 Å². The predicted octanol–water partition coefficient (Wildman–Crippen LogP) is 2.05. The summed E-state index contributed by atoms with van der Waals surface area (Å²) in [5.41, 5.74) is 2.33. The summed E-state index contributed by atoms with van der Waals surface area (Å²) in [6.45, 7) is 1.97. The largest absolute Gasteiger partial charge is 0.478 e. The molecule has 0 fully saturated rings. The van der Waals surface area contributed by atoms with Crippen molar-refractivity contribution in [2.75, 3.05) is 13.2 Å². The second-order valence-corrected chi connectivity index (χ2v) is 6.15. The lowest BCUT2D eigenvalue weighted by Gasteiger charge is -2.09. The van der Waals surface area contributed by atoms with Gasteiger partial charge in [0.2, 0.25) is 5.43 Å². The van der Waals surface area contributed by atoms with Crippen molar-refractivity contribution in [3.05, 3.63) is 64.0 Å². The van der Waals surface area contributed by atoms with Crippen LogP contribution in [0.1, 0.15) is 11.3 Å². The Morgan fingerprint density at radius 2 is 2.15 bits per heavy atom. The summed E-state index contributed by atoms with van der Waals surface area (Å²) in [5, 5.41) is 3.54. The molecule has 1 amide bonds. The van der Waals surface area contributed by atoms with Crippen LogP contribution in [0, 0.1) is 12.7 Å². The molecule has 0 saturated heterocycles. The number of aryl methyl sites for hydroxylation is 2. The fourth-order valence-corrected chi connectivity index (χ4v) is 2.70. The minimum Gasteiger partial charge on any atom is -0.478 e. The van der Waals surface area contributed by atoms with Crippen molar-refractivity contribution >= 4 is 16.8 Å². The Labute approximate surface area is 149 Å². The molecule has 3 aromatic rings. The van der Waals surface area contributed by atoms with Gasteiger partial charge < -0.3 is 19.6 Å². The van der Waals surface area contributed by atoms with Crippen LogP contribution in [0.15, 0.2) is 41.5 Å². The zero-order valence-corrected chi connectivity index (χ0v) is 14.6. The Balaban J connectivity index is 1.52. The van der Waals surface area contributed by atoms with Gasteiger partial charge in [-0.15, -0.1) is 0 Å². The highest BCUT2D eigenvalue weighted by molar-refractivity contribution is 5.83. The molecule has 6 nitrogen and oxygen atoms in total. The number of aromatic amines is 1. The topological polar surface area (TPSA) is 76.1 Å². The van der Waals surface area contributed by atoms with Gasteiger partial charge in [0.15, 0.2) is 12.4 Å². The first-order chi connectivity index (χ1) is 12.4. The Kier molecular flexibility index (Phi) is 5.06. The van der Waals surface area contributed by atoms with E-state index in [9.17, 15) is 14.0 Å². The minimum absolute atomic E-state index is 0.139. The van der Waals surface area contributed by atoms with Gasteiger partial charge in [-0.1, -0.05) is 0 Å². The van der Waals surface area contributed by atoms with Crippen molar-refractivity contribution in [1.29, 1.82) is 0 Å². The van der Waals surface area contributed by atoms with Crippen molar-refractivity contribution in [2.45, 2.75) is 13.3 Å². The van der Waals surface area contributed by atoms with E-state index in [-0.39, 0.29) is 29.5 Å². The van der Waals surface area contributed by atoms with E-state index >= 15 is 0 Å². The first-order valence-electron chi connectivity index (χ1n) is 8.26. The third kappa shape index (κ3) is 3.93. The van der Waals surface area contributed by atoms with Gasteiger partial charge in [-0.2, -0.15) is 0 Å². The average molecular weight is 357 g/mol. The van der Waals surface area contributed by atoms with Gasteiger partial charge >= 0.3 is 0 Å². The van der Waals surface area contributed by atoms with Crippen molar-refractivity contribution in [3.8, 4) is 5.75 Å². The molecular formula is C19H20FN3O3. The number of rotatable bonds is 6. The quantitative estimate of drug-likeness (QED) is 0.709. The summed E-state index contributed by atoms with van der Waals surface area (Å²) in [7, 11) is 1.80. The number of carbonyl (C=O) groups excluding carboxylic acids is 1. The summed E-state index contributed by atoms with van der Waals surface area (Å²) in [6, 6.07) is 6.02. The van der Waals surface area contributed by atoms with E-state index in [0.717, 1.165) is 22.2 Å². The molecule has 26 heavy (non-hydrogen) atoms. The van der Waals surface area contributed by atoms with Crippen LogP contribution in [0.4, 0.5) is 4.39 Å². The molecule has 0 aliphatic carbocycles. The van der Waals surface area contributed by atoms with E-state index in [1.54, 1.807) is 23.9 Å². The number of aromatic nitrogens is 2. The number of H-pyrrole nitrogens is 1. The van der Waals surface area contributed by atoms with Gasteiger partial charge in [0.05, 0.1) is 0 Å². The zero-order chi connectivity index (χ0) is 18.7. The van der Waals surface area contributed by atoms with Crippen LogP contribution in [-0.2, 0) is 18.3 Å². The van der Waals surface area contributed by atoms with E-state index < -0.39 is 0 Å². The molecule has 2 heterocycles. The molecule has 0 atom stereocenters. The SMILES string of the molecule is Cc1cc(=O)c(OCC(=O)NCCc2c[nH]c3ccc(F)cc23)cn1C. The van der Waals surface area contributed by atoms with Gasteiger partial charge in [-0.3, -0.25) is 9.59 Å². The van der Waals surface area contributed by atoms with Crippen LogP contribution in [0.3, 0.4) is 0 Å². The highest BCUT2D eigenvalue weighted by atomic mass is 19.1. The zero-order valence-electron chi connectivity index (χ0n) is 14.6. The summed E-state index contributed by atoms with van der Waals surface area (Å²) < 4.78 is 20.4. The van der Waals surface area contributed by atoms with Gasteiger partial charge in [-0.05, 0) is 37.1 Å². The van der Waals surface area contributed by atoms with Crippen molar-refractivity contribution in [1.82, 2.24) is 14.9 Å². The Hall–Kier alpha value is -3.09. The predicted molar refractivity (Wildman–Crippen MR) is 96.9 cm³/mol. The van der Waals surface area contributed by atoms with Gasteiger partial charge in [-0.25, -0.2) is 4.39 Å².